The number of unbranched alkanes of at least 4 members (excludes halogenated alkanes) is 1. The third-order valence-electron chi connectivity index (χ3n) is 7.85. The molecular formula is C34H44N8O14. The number of fused-ring (bicyclic) bond motifs is 1. The molecule has 2 aromatic carbocycles. The third-order valence-corrected chi connectivity index (χ3v) is 7.85. The zero-order chi connectivity index (χ0) is 41.9. The molecule has 0 aliphatic rings. The van der Waals surface area contributed by atoms with E-state index in [1.54, 1.807) is 24.3 Å². The lowest BCUT2D eigenvalue weighted by Crippen LogP contribution is -2.60. The van der Waals surface area contributed by atoms with Crippen molar-refractivity contribution in [3.05, 3.63) is 42.5 Å². The molecule has 0 aliphatic carbocycles. The number of benzene rings is 2. The molecule has 0 spiro atoms. The molecule has 22 heteroatoms. The number of carbonyl (C=O) groups excluding carboxylic acids is 6. The summed E-state index contributed by atoms with van der Waals surface area (Å²) >= 11 is 0. The summed E-state index contributed by atoms with van der Waals surface area (Å²) in [4.78, 5) is 124. The van der Waals surface area contributed by atoms with E-state index in [0.29, 0.717) is 18.5 Å². The van der Waals surface area contributed by atoms with Gasteiger partial charge in [0.05, 0.1) is 32.2 Å². The van der Waals surface area contributed by atoms with Crippen LogP contribution >= 0.6 is 0 Å². The Labute approximate surface area is 318 Å². The summed E-state index contributed by atoms with van der Waals surface area (Å²) in [6.45, 7) is -0.408. The molecule has 0 aliphatic heterocycles. The first-order valence-corrected chi connectivity index (χ1v) is 17.0. The summed E-state index contributed by atoms with van der Waals surface area (Å²) in [5.41, 5.74) is 11.1. The normalized spacial score (nSPS) is 13.4. The highest BCUT2D eigenvalue weighted by atomic mass is 16.4. The van der Waals surface area contributed by atoms with Gasteiger partial charge in [-0.05, 0) is 48.7 Å². The van der Waals surface area contributed by atoms with Gasteiger partial charge in [0.1, 0.15) is 30.2 Å². The molecule has 0 heterocycles. The van der Waals surface area contributed by atoms with Crippen molar-refractivity contribution in [2.24, 2.45) is 11.5 Å². The Balaban J connectivity index is 2.30. The number of hydrogen-bond acceptors (Lipinski definition) is 12. The van der Waals surface area contributed by atoms with Crippen LogP contribution in [-0.4, -0.2) is 123 Å². The van der Waals surface area contributed by atoms with Crippen molar-refractivity contribution in [2.45, 2.75) is 75.2 Å². The second-order valence-electron chi connectivity index (χ2n) is 12.3. The fourth-order valence-electron chi connectivity index (χ4n) is 5.14. The van der Waals surface area contributed by atoms with Gasteiger partial charge < -0.3 is 63.8 Å². The summed E-state index contributed by atoms with van der Waals surface area (Å²) in [6, 6.07) is 3.13. The zero-order valence-corrected chi connectivity index (χ0v) is 29.8. The van der Waals surface area contributed by atoms with Crippen molar-refractivity contribution in [3.63, 3.8) is 0 Å². The highest BCUT2D eigenvalue weighted by molar-refractivity contribution is 6.02. The van der Waals surface area contributed by atoms with Crippen LogP contribution in [0.1, 0.15) is 44.9 Å². The number of nitrogens with two attached hydrogens (primary N) is 2. The topological polar surface area (TPSA) is 376 Å². The number of carboxylic acid groups (broad SMARTS) is 4. The minimum Gasteiger partial charge on any atom is -0.481 e. The van der Waals surface area contributed by atoms with Crippen LogP contribution in [0.5, 0.6) is 0 Å². The van der Waals surface area contributed by atoms with Crippen LogP contribution in [0.25, 0.3) is 10.8 Å². The van der Waals surface area contributed by atoms with Crippen LogP contribution in [0.3, 0.4) is 0 Å². The van der Waals surface area contributed by atoms with E-state index in [9.17, 15) is 63.3 Å². The van der Waals surface area contributed by atoms with Crippen molar-refractivity contribution < 1.29 is 68.4 Å². The van der Waals surface area contributed by atoms with Crippen molar-refractivity contribution >= 4 is 75.8 Å². The molecule has 5 atom stereocenters. The molecule has 22 nitrogen and oxygen atoms in total. The summed E-state index contributed by atoms with van der Waals surface area (Å²) in [5.74, 6) is -13.6. The van der Waals surface area contributed by atoms with E-state index in [2.05, 4.69) is 10.6 Å². The predicted octanol–water partition coefficient (Wildman–Crippen LogP) is -2.81. The van der Waals surface area contributed by atoms with Gasteiger partial charge in [0.15, 0.2) is 0 Å². The molecule has 0 bridgehead atoms. The first kappa shape index (κ1) is 45.5. The largest absolute Gasteiger partial charge is 0.481 e. The second-order valence-corrected chi connectivity index (χ2v) is 12.3. The Kier molecular flexibility index (Phi) is 18.3. The zero-order valence-electron chi connectivity index (χ0n) is 29.8. The van der Waals surface area contributed by atoms with Crippen LogP contribution < -0.4 is 43.4 Å². The lowest BCUT2D eigenvalue weighted by atomic mass is 10.1. The van der Waals surface area contributed by atoms with E-state index in [1.807, 2.05) is 39.5 Å². The Morgan fingerprint density at radius 1 is 0.500 bits per heavy atom. The predicted molar refractivity (Wildman–Crippen MR) is 193 cm³/mol. The van der Waals surface area contributed by atoms with Gasteiger partial charge in [-0.15, -0.1) is 0 Å². The average Bonchev–Trinajstić information content (AvgIpc) is 3.12. The van der Waals surface area contributed by atoms with Gasteiger partial charge in [-0.25, -0.2) is 0 Å². The first-order valence-electron chi connectivity index (χ1n) is 17.0. The van der Waals surface area contributed by atoms with Gasteiger partial charge in [-0.2, -0.15) is 0 Å². The van der Waals surface area contributed by atoms with E-state index in [4.69, 9.17) is 16.6 Å². The average molecular weight is 789 g/mol. The van der Waals surface area contributed by atoms with Crippen LogP contribution in [0.2, 0.25) is 0 Å². The maximum absolute atomic E-state index is 13.5. The van der Waals surface area contributed by atoms with E-state index in [0.717, 1.165) is 10.8 Å². The van der Waals surface area contributed by atoms with E-state index in [-0.39, 0.29) is 13.0 Å². The van der Waals surface area contributed by atoms with Crippen molar-refractivity contribution in [3.8, 4) is 0 Å². The molecular weight excluding hydrogens is 744 g/mol. The Morgan fingerprint density at radius 2 is 0.911 bits per heavy atom. The maximum atomic E-state index is 13.5. The van der Waals surface area contributed by atoms with Gasteiger partial charge in [0.2, 0.25) is 35.4 Å². The van der Waals surface area contributed by atoms with Gasteiger partial charge in [0.25, 0.3) is 0 Å². The molecule has 56 heavy (non-hydrogen) atoms. The molecule has 0 saturated heterocycles. The molecule has 0 aromatic heterocycles. The van der Waals surface area contributed by atoms with E-state index in [1.165, 1.54) is 0 Å². The number of nitrogens with one attached hydrogen (secondary N) is 6. The summed E-state index contributed by atoms with van der Waals surface area (Å²) in [5, 5.41) is 52.1. The quantitative estimate of drug-likeness (QED) is 0.0478. The Bertz CT molecular complexity index is 1800. The molecule has 0 fully saturated rings. The molecule has 0 unspecified atom stereocenters. The number of aliphatic carboxylic acids is 4. The number of amides is 6. The lowest BCUT2D eigenvalue weighted by Gasteiger charge is -2.26. The summed E-state index contributed by atoms with van der Waals surface area (Å²) in [7, 11) is 0. The smallest absolute Gasteiger partial charge is 0.305 e. The fraction of sp³-hybridized carbons (Fsp3) is 0.412. The highest BCUT2D eigenvalue weighted by Crippen LogP contribution is 2.19. The molecule has 14 N–H and O–H groups in total. The Morgan fingerprint density at radius 3 is 1.32 bits per heavy atom. The van der Waals surface area contributed by atoms with Gasteiger partial charge >= 0.3 is 23.9 Å². The monoisotopic (exact) mass is 788 g/mol. The number of anilines is 1. The van der Waals surface area contributed by atoms with Crippen LogP contribution in [-0.2, 0) is 47.9 Å². The van der Waals surface area contributed by atoms with Crippen molar-refractivity contribution in [1.82, 2.24) is 26.6 Å². The summed E-state index contributed by atoms with van der Waals surface area (Å²) in [6.07, 6.45) is -3.64. The van der Waals surface area contributed by atoms with E-state index < -0.39 is 122 Å². The molecule has 0 saturated carbocycles. The first-order chi connectivity index (χ1) is 26.4. The molecule has 304 valence electrons. The molecule has 2 aromatic rings. The van der Waals surface area contributed by atoms with Gasteiger partial charge in [-0.1, -0.05) is 30.3 Å². The van der Waals surface area contributed by atoms with E-state index >= 15 is 0 Å². The molecule has 0 radical (unpaired) electrons. The Hall–Kier alpha value is -6.68. The number of hydrogen-bond donors (Lipinski definition) is 12. The SMILES string of the molecule is NCCCC[C@H](NC(=O)[C@H](CC(=O)O)NC(=O)[C@H](CC(=O)O)NC(=O)[C@@H](CC(=O)O)NC(=O)[C@@H](CC(=O)O)NC(=O)CN)C(=O)Nc1ccc2ccccc2c1. The van der Waals surface area contributed by atoms with Gasteiger partial charge in [-0.3, -0.25) is 47.9 Å². The van der Waals surface area contributed by atoms with Crippen molar-refractivity contribution in [2.75, 3.05) is 18.4 Å². The van der Waals surface area contributed by atoms with Crippen LogP contribution in [0.15, 0.2) is 42.5 Å². The third kappa shape index (κ3) is 15.7. The lowest BCUT2D eigenvalue weighted by molar-refractivity contribution is -0.145. The second kappa shape index (κ2) is 22.5. The molecule has 2 rings (SSSR count). The number of rotatable bonds is 24. The minimum absolute atomic E-state index is 0.0354. The number of carboxylic acids is 4. The standard InChI is InChI=1S/C34H44N8O14/c35-10-4-3-7-20(30(52)37-19-9-8-17-5-1-2-6-18(17)11-19)39-32(54)22(13-27(46)47)41-34(56)24(15-29(50)51)42-33(55)23(14-28(48)49)40-31(53)21(12-26(44)45)38-25(43)16-36/h1-2,5-6,8-9,11,20-24H,3-4,7,10,12-16,35-36H2,(H,37,52)(H,38,43)(H,39,54)(H,40,53)(H,41,56)(H,42,55)(H,44,45)(H,46,47)(H,48,49)(H,50,51)/t20-,21+,22-,23+,24-/m0/s1. The fourth-order valence-corrected chi connectivity index (χ4v) is 5.14. The summed E-state index contributed by atoms with van der Waals surface area (Å²) < 4.78 is 0. The molecule has 6 amide bonds. The van der Waals surface area contributed by atoms with Crippen molar-refractivity contribution in [1.29, 1.82) is 0 Å². The minimum atomic E-state index is -2.11. The van der Waals surface area contributed by atoms with Gasteiger partial charge in [0, 0.05) is 5.69 Å². The highest BCUT2D eigenvalue weighted by Gasteiger charge is 2.35. The maximum Gasteiger partial charge on any atom is 0.305 e. The van der Waals surface area contributed by atoms with Crippen LogP contribution in [0, 0.1) is 0 Å². The van der Waals surface area contributed by atoms with Crippen LogP contribution in [0.4, 0.5) is 5.69 Å². The number of carbonyl (C=O) groups is 10.